The molecular formula is C15H22F3N7O3S. The average molecular weight is 437 g/mol. The largest absolute Gasteiger partial charge is 0.417 e. The second-order valence-corrected chi connectivity index (χ2v) is 8.59. The van der Waals surface area contributed by atoms with Crippen LogP contribution in [0, 0.1) is 0 Å². The molecule has 4 rings (SSSR count). The Morgan fingerprint density at radius 3 is 2.59 bits per heavy atom. The van der Waals surface area contributed by atoms with Crippen LogP contribution in [0.15, 0.2) is 17.0 Å². The van der Waals surface area contributed by atoms with Crippen LogP contribution >= 0.6 is 0 Å². The minimum absolute atomic E-state index is 0.109. The topological polar surface area (TPSA) is 133 Å². The summed E-state index contributed by atoms with van der Waals surface area (Å²) in [6.45, 7) is 2.22. The molecule has 7 N–H and O–H groups in total. The number of nitrogens with one attached hydrogen (secondary N) is 5. The zero-order valence-corrected chi connectivity index (χ0v) is 16.0. The van der Waals surface area contributed by atoms with E-state index in [4.69, 9.17) is 9.88 Å². The molecule has 10 nitrogen and oxygen atoms in total. The van der Waals surface area contributed by atoms with Crippen molar-refractivity contribution in [3.05, 3.63) is 23.3 Å². The maximum Gasteiger partial charge on any atom is 0.417 e. The zero-order valence-electron chi connectivity index (χ0n) is 15.2. The first kappa shape index (κ1) is 20.7. The number of nitrogens with two attached hydrogens (primary N) is 1. The third-order valence-corrected chi connectivity index (χ3v) is 6.30. The molecule has 0 bridgehead atoms. The van der Waals surface area contributed by atoms with Gasteiger partial charge in [-0.25, -0.2) is 24.4 Å². The predicted molar refractivity (Wildman–Crippen MR) is 96.5 cm³/mol. The Morgan fingerprint density at radius 1 is 1.21 bits per heavy atom. The highest BCUT2D eigenvalue weighted by Gasteiger charge is 2.42. The lowest BCUT2D eigenvalue weighted by Gasteiger charge is -2.43. The molecule has 1 aromatic carbocycles. The molecule has 0 aromatic heterocycles. The average Bonchev–Trinajstić information content (AvgIpc) is 3.19. The molecule has 29 heavy (non-hydrogen) atoms. The van der Waals surface area contributed by atoms with E-state index in [1.54, 1.807) is 0 Å². The Hall–Kier alpha value is -1.52. The predicted octanol–water partition coefficient (Wildman–Crippen LogP) is -0.964. The third-order valence-electron chi connectivity index (χ3n) is 5.29. The monoisotopic (exact) mass is 437 g/mol. The number of morpholine rings is 1. The van der Waals surface area contributed by atoms with Gasteiger partial charge in [-0.1, -0.05) is 0 Å². The lowest BCUT2D eigenvalue weighted by atomic mass is 9.97. The molecule has 3 saturated heterocycles. The van der Waals surface area contributed by atoms with E-state index in [-0.39, 0.29) is 17.7 Å². The third kappa shape index (κ3) is 4.06. The van der Waals surface area contributed by atoms with Crippen molar-refractivity contribution in [3.63, 3.8) is 0 Å². The molecule has 0 saturated carbocycles. The summed E-state index contributed by atoms with van der Waals surface area (Å²) in [5, 5.41) is 8.62. The van der Waals surface area contributed by atoms with Crippen molar-refractivity contribution in [3.8, 4) is 0 Å². The van der Waals surface area contributed by atoms with Crippen molar-refractivity contribution < 1.29 is 26.3 Å². The first-order chi connectivity index (χ1) is 13.7. The summed E-state index contributed by atoms with van der Waals surface area (Å²) in [6.07, 6.45) is -5.30. The smallest absolute Gasteiger partial charge is 0.373 e. The highest BCUT2D eigenvalue weighted by atomic mass is 32.2. The molecule has 0 amide bonds. The van der Waals surface area contributed by atoms with Crippen LogP contribution in [0.1, 0.15) is 23.7 Å². The summed E-state index contributed by atoms with van der Waals surface area (Å²) in [4.78, 5) is 0.878. The molecule has 3 aliphatic rings. The van der Waals surface area contributed by atoms with Crippen molar-refractivity contribution in [2.45, 2.75) is 35.8 Å². The van der Waals surface area contributed by atoms with E-state index in [0.29, 0.717) is 31.8 Å². The SMILES string of the molecule is NS(=O)(=O)c1c(C(F)(F)F)ccc(N2CC[C@H]3NCCO[C@@H]3C2)c1C1NNNN1. The van der Waals surface area contributed by atoms with E-state index in [9.17, 15) is 21.6 Å². The van der Waals surface area contributed by atoms with Gasteiger partial charge in [0.15, 0.2) is 0 Å². The maximum atomic E-state index is 13.6. The molecular weight excluding hydrogens is 415 g/mol. The molecule has 1 aromatic rings. The van der Waals surface area contributed by atoms with E-state index in [1.165, 1.54) is 6.07 Å². The van der Waals surface area contributed by atoms with Crippen molar-refractivity contribution in [1.82, 2.24) is 27.2 Å². The fourth-order valence-corrected chi connectivity index (χ4v) is 5.08. The number of alkyl halides is 3. The number of rotatable bonds is 3. The molecule has 0 aliphatic carbocycles. The number of anilines is 1. The van der Waals surface area contributed by atoms with E-state index < -0.39 is 32.8 Å². The van der Waals surface area contributed by atoms with E-state index in [2.05, 4.69) is 27.2 Å². The fourth-order valence-electron chi connectivity index (χ4n) is 4.06. The highest BCUT2D eigenvalue weighted by molar-refractivity contribution is 7.89. The molecule has 0 unspecified atom stereocenters. The fraction of sp³-hybridized carbons (Fsp3) is 0.600. The number of hydrazine groups is 3. The number of benzene rings is 1. The van der Waals surface area contributed by atoms with Crippen LogP contribution in [0.2, 0.25) is 0 Å². The second-order valence-electron chi connectivity index (χ2n) is 7.09. The molecule has 14 heteroatoms. The molecule has 2 atom stereocenters. The minimum atomic E-state index is -4.89. The summed E-state index contributed by atoms with van der Waals surface area (Å²) in [6, 6.07) is 2.20. The highest BCUT2D eigenvalue weighted by Crippen LogP contribution is 2.41. The van der Waals surface area contributed by atoms with Gasteiger partial charge in [0, 0.05) is 36.9 Å². The van der Waals surface area contributed by atoms with Crippen molar-refractivity contribution >= 4 is 15.7 Å². The molecule has 3 heterocycles. The number of ether oxygens (including phenoxy) is 1. The number of piperidine rings is 1. The Labute approximate surface area is 165 Å². The standard InChI is InChI=1S/C15H22F3N7O3S/c16-15(17,18)8-1-2-10(25-5-3-9-11(7-25)28-6-4-20-9)12(13(8)29(19,26)27)14-21-23-24-22-14/h1-2,9,11,14,20-24H,3-7H2,(H2,19,26,27)/t9-,11-/m1/s1. The Bertz CT molecular complexity index is 877. The zero-order chi connectivity index (χ0) is 20.8. The van der Waals surface area contributed by atoms with Gasteiger partial charge in [0.2, 0.25) is 10.0 Å². The van der Waals surface area contributed by atoms with Crippen LogP contribution in [-0.2, 0) is 20.9 Å². The number of hydrogen-bond donors (Lipinski definition) is 6. The molecule has 3 aliphatic heterocycles. The maximum absolute atomic E-state index is 13.6. The molecule has 162 valence electrons. The van der Waals surface area contributed by atoms with Crippen molar-refractivity contribution in [1.29, 1.82) is 0 Å². The van der Waals surface area contributed by atoms with Crippen LogP contribution in [0.25, 0.3) is 0 Å². The van der Waals surface area contributed by atoms with Gasteiger partial charge in [-0.15, -0.1) is 0 Å². The van der Waals surface area contributed by atoms with E-state index in [1.807, 2.05) is 4.90 Å². The van der Waals surface area contributed by atoms with Gasteiger partial charge in [-0.3, -0.25) is 0 Å². The van der Waals surface area contributed by atoms with Gasteiger partial charge in [0.1, 0.15) is 11.1 Å². The summed E-state index contributed by atoms with van der Waals surface area (Å²) in [5.41, 5.74) is 9.27. The van der Waals surface area contributed by atoms with Crippen molar-refractivity contribution in [2.24, 2.45) is 5.14 Å². The summed E-state index contributed by atoms with van der Waals surface area (Å²) < 4.78 is 71.2. The summed E-state index contributed by atoms with van der Waals surface area (Å²) >= 11 is 0. The number of halogens is 3. The first-order valence-corrected chi connectivity index (χ1v) is 10.6. The van der Waals surface area contributed by atoms with Gasteiger partial charge in [0.05, 0.1) is 18.3 Å². The summed E-state index contributed by atoms with van der Waals surface area (Å²) in [7, 11) is -4.70. The van der Waals surface area contributed by atoms with E-state index in [0.717, 1.165) is 12.6 Å². The number of fused-ring (bicyclic) bond motifs is 1. The lowest BCUT2D eigenvalue weighted by Crippen LogP contribution is -2.58. The summed E-state index contributed by atoms with van der Waals surface area (Å²) in [5.74, 6) is 0. The van der Waals surface area contributed by atoms with Gasteiger partial charge in [-0.2, -0.15) is 24.2 Å². The molecule has 0 radical (unpaired) electrons. The van der Waals surface area contributed by atoms with Crippen LogP contribution in [0.5, 0.6) is 0 Å². The quantitative estimate of drug-likeness (QED) is 0.354. The number of primary sulfonamides is 1. The van der Waals surface area contributed by atoms with Crippen LogP contribution in [0.4, 0.5) is 18.9 Å². The molecule has 3 fully saturated rings. The van der Waals surface area contributed by atoms with Crippen LogP contribution in [-0.4, -0.2) is 46.8 Å². The normalized spacial score (nSPS) is 26.6. The number of sulfonamides is 1. The number of nitrogens with zero attached hydrogens (tertiary/aromatic N) is 1. The van der Waals surface area contributed by atoms with Crippen LogP contribution < -0.4 is 37.3 Å². The van der Waals surface area contributed by atoms with Crippen LogP contribution in [0.3, 0.4) is 0 Å². The van der Waals surface area contributed by atoms with Gasteiger partial charge in [0.25, 0.3) is 0 Å². The Morgan fingerprint density at radius 2 is 1.93 bits per heavy atom. The van der Waals surface area contributed by atoms with Crippen molar-refractivity contribution in [2.75, 3.05) is 31.1 Å². The Balaban J connectivity index is 1.83. The number of hydrogen-bond acceptors (Lipinski definition) is 9. The van der Waals surface area contributed by atoms with Gasteiger partial charge < -0.3 is 15.0 Å². The lowest BCUT2D eigenvalue weighted by molar-refractivity contribution is -0.140. The minimum Gasteiger partial charge on any atom is -0.373 e. The van der Waals surface area contributed by atoms with Gasteiger partial charge >= 0.3 is 6.18 Å². The molecule has 0 spiro atoms. The first-order valence-electron chi connectivity index (χ1n) is 9.04. The second kappa shape index (κ2) is 7.63. The Kier molecular flexibility index (Phi) is 5.45. The van der Waals surface area contributed by atoms with Gasteiger partial charge in [-0.05, 0) is 18.6 Å². The van der Waals surface area contributed by atoms with E-state index >= 15 is 0 Å².